The average Bonchev–Trinajstić information content (AvgIpc) is 2.93. The van der Waals surface area contributed by atoms with Crippen LogP contribution in [0.25, 0.3) is 0 Å². The van der Waals surface area contributed by atoms with Crippen molar-refractivity contribution in [3.63, 3.8) is 0 Å². The minimum Gasteiger partial charge on any atom is -0.365 e. The summed E-state index contributed by atoms with van der Waals surface area (Å²) >= 11 is 0. The van der Waals surface area contributed by atoms with Gasteiger partial charge in [0.25, 0.3) is 5.91 Å². The first-order valence-corrected chi connectivity index (χ1v) is 8.87. The SMILES string of the molecule is Cc1[nH]ccc1C(=O)N1CCCC2(CCS(=O)(=O)C2)C1. The number of nitrogens with one attached hydrogen (secondary N) is 1. The summed E-state index contributed by atoms with van der Waals surface area (Å²) in [5.74, 6) is 0.542. The molecule has 3 rings (SSSR count). The number of nitrogens with zero attached hydrogens (tertiary/aromatic N) is 1. The van der Waals surface area contributed by atoms with Crippen LogP contribution in [0.3, 0.4) is 0 Å². The molecule has 0 aliphatic carbocycles. The van der Waals surface area contributed by atoms with E-state index >= 15 is 0 Å². The second-order valence-corrected chi connectivity index (χ2v) is 8.37. The Hall–Kier alpha value is -1.30. The smallest absolute Gasteiger partial charge is 0.255 e. The van der Waals surface area contributed by atoms with Gasteiger partial charge >= 0.3 is 0 Å². The third kappa shape index (κ3) is 2.37. The number of amides is 1. The highest BCUT2D eigenvalue weighted by atomic mass is 32.2. The van der Waals surface area contributed by atoms with Crippen molar-refractivity contribution in [2.24, 2.45) is 5.41 Å². The summed E-state index contributed by atoms with van der Waals surface area (Å²) in [5, 5.41) is 0. The van der Waals surface area contributed by atoms with Gasteiger partial charge in [-0.15, -0.1) is 0 Å². The van der Waals surface area contributed by atoms with E-state index in [2.05, 4.69) is 4.98 Å². The predicted octanol–water partition coefficient (Wildman–Crippen LogP) is 1.36. The Kier molecular flexibility index (Phi) is 3.16. The Morgan fingerprint density at radius 1 is 1.40 bits per heavy atom. The van der Waals surface area contributed by atoms with Crippen LogP contribution in [0.5, 0.6) is 0 Å². The van der Waals surface area contributed by atoms with Crippen molar-refractivity contribution >= 4 is 15.7 Å². The molecular formula is C14H20N2O3S. The summed E-state index contributed by atoms with van der Waals surface area (Å²) < 4.78 is 23.5. The molecule has 6 heteroatoms. The molecule has 1 N–H and O–H groups in total. The Labute approximate surface area is 119 Å². The van der Waals surface area contributed by atoms with Crippen molar-refractivity contribution in [3.05, 3.63) is 23.5 Å². The fourth-order valence-corrected chi connectivity index (χ4v) is 5.74. The summed E-state index contributed by atoms with van der Waals surface area (Å²) in [6.45, 7) is 3.19. The molecule has 2 fully saturated rings. The Morgan fingerprint density at radius 2 is 2.20 bits per heavy atom. The number of sulfone groups is 1. The first-order valence-electron chi connectivity index (χ1n) is 7.05. The van der Waals surface area contributed by atoms with Crippen molar-refractivity contribution in [3.8, 4) is 0 Å². The van der Waals surface area contributed by atoms with Gasteiger partial charge in [-0.1, -0.05) is 0 Å². The standard InChI is InChI=1S/C14H20N2O3S/c1-11-12(3-6-15-11)13(17)16-7-2-4-14(9-16)5-8-20(18,19)10-14/h3,6,15H,2,4-5,7-10H2,1H3. The van der Waals surface area contributed by atoms with E-state index in [0.29, 0.717) is 18.5 Å². The number of aromatic nitrogens is 1. The van der Waals surface area contributed by atoms with E-state index in [-0.39, 0.29) is 22.8 Å². The lowest BCUT2D eigenvalue weighted by Gasteiger charge is -2.39. The van der Waals surface area contributed by atoms with Crippen LogP contribution >= 0.6 is 0 Å². The van der Waals surface area contributed by atoms with Crippen molar-refractivity contribution in [1.82, 2.24) is 9.88 Å². The molecule has 1 amide bonds. The topological polar surface area (TPSA) is 70.2 Å². The van der Waals surface area contributed by atoms with Crippen LogP contribution < -0.4 is 0 Å². The van der Waals surface area contributed by atoms with Crippen molar-refractivity contribution in [1.29, 1.82) is 0 Å². The maximum atomic E-state index is 12.5. The molecule has 0 saturated carbocycles. The van der Waals surface area contributed by atoms with E-state index in [4.69, 9.17) is 0 Å². The normalized spacial score (nSPS) is 28.9. The van der Waals surface area contributed by atoms with E-state index in [0.717, 1.165) is 25.1 Å². The van der Waals surface area contributed by atoms with E-state index in [1.165, 1.54) is 0 Å². The fraction of sp³-hybridized carbons (Fsp3) is 0.643. The highest BCUT2D eigenvalue weighted by molar-refractivity contribution is 7.91. The molecular weight excluding hydrogens is 276 g/mol. The molecule has 1 aromatic heterocycles. The van der Waals surface area contributed by atoms with Gasteiger partial charge in [0.15, 0.2) is 9.84 Å². The maximum Gasteiger partial charge on any atom is 0.255 e. The number of hydrogen-bond donors (Lipinski definition) is 1. The second kappa shape index (κ2) is 4.62. The van der Waals surface area contributed by atoms with Gasteiger partial charge < -0.3 is 9.88 Å². The first kappa shape index (κ1) is 13.7. The van der Waals surface area contributed by atoms with Crippen LogP contribution in [0.15, 0.2) is 12.3 Å². The molecule has 0 aromatic carbocycles. The molecule has 1 spiro atoms. The number of rotatable bonds is 1. The third-order valence-corrected chi connectivity index (χ3v) is 6.48. The molecule has 2 saturated heterocycles. The fourth-order valence-electron chi connectivity index (χ4n) is 3.54. The van der Waals surface area contributed by atoms with Crippen LogP contribution in [-0.2, 0) is 9.84 Å². The predicted molar refractivity (Wildman–Crippen MR) is 76.4 cm³/mol. The number of aryl methyl sites for hydroxylation is 1. The molecule has 0 bridgehead atoms. The van der Waals surface area contributed by atoms with Crippen LogP contribution in [0.1, 0.15) is 35.3 Å². The lowest BCUT2D eigenvalue weighted by atomic mass is 9.79. The average molecular weight is 296 g/mol. The molecule has 5 nitrogen and oxygen atoms in total. The molecule has 2 aliphatic heterocycles. The van der Waals surface area contributed by atoms with Crippen molar-refractivity contribution < 1.29 is 13.2 Å². The Bertz CT molecular complexity index is 635. The summed E-state index contributed by atoms with van der Waals surface area (Å²) in [4.78, 5) is 17.4. The van der Waals surface area contributed by atoms with Crippen molar-refractivity contribution in [2.45, 2.75) is 26.2 Å². The molecule has 3 heterocycles. The molecule has 2 aliphatic rings. The number of carbonyl (C=O) groups is 1. The Morgan fingerprint density at radius 3 is 2.80 bits per heavy atom. The summed E-state index contributed by atoms with van der Waals surface area (Å²) in [5.41, 5.74) is 1.37. The van der Waals surface area contributed by atoms with Gasteiger partial charge in [0, 0.05) is 30.4 Å². The molecule has 1 aromatic rings. The van der Waals surface area contributed by atoms with E-state index < -0.39 is 9.84 Å². The number of likely N-dealkylation sites (tertiary alicyclic amines) is 1. The van der Waals surface area contributed by atoms with Crippen molar-refractivity contribution in [2.75, 3.05) is 24.6 Å². The van der Waals surface area contributed by atoms with Crippen LogP contribution in [0.2, 0.25) is 0 Å². The van der Waals surface area contributed by atoms with Gasteiger partial charge in [-0.05, 0) is 32.3 Å². The largest absolute Gasteiger partial charge is 0.365 e. The highest BCUT2D eigenvalue weighted by Crippen LogP contribution is 2.40. The van der Waals surface area contributed by atoms with Gasteiger partial charge in [-0.2, -0.15) is 0 Å². The summed E-state index contributed by atoms with van der Waals surface area (Å²) in [6.07, 6.45) is 4.28. The minimum absolute atomic E-state index is 0.0205. The first-order chi connectivity index (χ1) is 9.41. The quantitative estimate of drug-likeness (QED) is 0.850. The molecule has 0 radical (unpaired) electrons. The van der Waals surface area contributed by atoms with E-state index in [9.17, 15) is 13.2 Å². The van der Waals surface area contributed by atoms with Gasteiger partial charge in [0.1, 0.15) is 0 Å². The van der Waals surface area contributed by atoms with Gasteiger partial charge in [0.05, 0.1) is 17.1 Å². The number of hydrogen-bond acceptors (Lipinski definition) is 3. The van der Waals surface area contributed by atoms with Gasteiger partial charge in [-0.3, -0.25) is 4.79 Å². The Balaban J connectivity index is 1.79. The number of aromatic amines is 1. The number of piperidine rings is 1. The van der Waals surface area contributed by atoms with Crippen LogP contribution in [-0.4, -0.2) is 48.8 Å². The molecule has 20 heavy (non-hydrogen) atoms. The highest BCUT2D eigenvalue weighted by Gasteiger charge is 2.45. The van der Waals surface area contributed by atoms with Crippen LogP contribution in [0.4, 0.5) is 0 Å². The summed E-state index contributed by atoms with van der Waals surface area (Å²) in [7, 11) is -2.91. The molecule has 110 valence electrons. The van der Waals surface area contributed by atoms with E-state index in [1.54, 1.807) is 12.3 Å². The van der Waals surface area contributed by atoms with Gasteiger partial charge in [0.2, 0.25) is 0 Å². The van der Waals surface area contributed by atoms with Crippen LogP contribution in [0, 0.1) is 12.3 Å². The molecule has 1 atom stereocenters. The number of carbonyl (C=O) groups excluding carboxylic acids is 1. The van der Waals surface area contributed by atoms with Gasteiger partial charge in [-0.25, -0.2) is 8.42 Å². The lowest BCUT2D eigenvalue weighted by molar-refractivity contribution is 0.0563. The number of H-pyrrole nitrogens is 1. The third-order valence-electron chi connectivity index (χ3n) is 4.60. The summed E-state index contributed by atoms with van der Waals surface area (Å²) in [6, 6.07) is 1.80. The maximum absolute atomic E-state index is 12.5. The zero-order chi connectivity index (χ0) is 14.4. The lowest BCUT2D eigenvalue weighted by Crippen LogP contribution is -2.46. The zero-order valence-corrected chi connectivity index (χ0v) is 12.5. The molecule has 1 unspecified atom stereocenters. The minimum atomic E-state index is -2.91. The monoisotopic (exact) mass is 296 g/mol. The van der Waals surface area contributed by atoms with E-state index in [1.807, 2.05) is 11.8 Å². The second-order valence-electron chi connectivity index (χ2n) is 6.19. The zero-order valence-electron chi connectivity index (χ0n) is 11.7.